The SMILES string of the molecule is CC(=O)NCC(O)CNc1ccc(-c2ccc(N([N]=[Ni])[C](=[Ni])CO)nc2)cc1C. The zero-order valence-electron chi connectivity index (χ0n) is 15.9. The molecule has 0 bridgehead atoms. The van der Waals surface area contributed by atoms with Crippen molar-refractivity contribution in [1.82, 2.24) is 10.3 Å². The van der Waals surface area contributed by atoms with Gasteiger partial charge in [-0.05, 0) is 0 Å². The zero-order chi connectivity index (χ0) is 21.4. The van der Waals surface area contributed by atoms with Crippen molar-refractivity contribution in [1.29, 1.82) is 0 Å². The second-order valence-corrected chi connectivity index (χ2v) is 7.05. The summed E-state index contributed by atoms with van der Waals surface area (Å²) in [7, 11) is 0. The Morgan fingerprint density at radius 3 is 2.55 bits per heavy atom. The average molecular weight is 487 g/mol. The first-order valence-corrected chi connectivity index (χ1v) is 9.71. The van der Waals surface area contributed by atoms with Crippen LogP contribution in [0.4, 0.5) is 11.5 Å². The van der Waals surface area contributed by atoms with Crippen molar-refractivity contribution in [2.24, 2.45) is 4.14 Å². The molecule has 1 amide bonds. The van der Waals surface area contributed by atoms with Gasteiger partial charge < -0.3 is 10.4 Å². The van der Waals surface area contributed by atoms with Crippen molar-refractivity contribution >= 4 is 22.0 Å². The second-order valence-electron chi connectivity index (χ2n) is 6.28. The van der Waals surface area contributed by atoms with Crippen molar-refractivity contribution in [2.75, 3.05) is 30.0 Å². The summed E-state index contributed by atoms with van der Waals surface area (Å²) in [5.74, 6) is 0.284. The van der Waals surface area contributed by atoms with Gasteiger partial charge in [0.25, 0.3) is 0 Å². The van der Waals surface area contributed by atoms with Crippen molar-refractivity contribution in [3.05, 3.63) is 42.1 Å². The van der Waals surface area contributed by atoms with E-state index in [1.807, 2.05) is 31.2 Å². The Hall–Kier alpha value is -1.98. The molecule has 1 aromatic carbocycles. The van der Waals surface area contributed by atoms with Crippen LogP contribution in [0.3, 0.4) is 0 Å². The van der Waals surface area contributed by atoms with Gasteiger partial charge in [0.1, 0.15) is 0 Å². The third-order valence-electron chi connectivity index (χ3n) is 4.04. The number of rotatable bonds is 10. The number of anilines is 2. The van der Waals surface area contributed by atoms with Gasteiger partial charge in [-0.2, -0.15) is 0 Å². The molecular formula is C19H23N5Ni2O3. The molecule has 0 radical (unpaired) electrons. The van der Waals surface area contributed by atoms with E-state index in [-0.39, 0.29) is 23.7 Å². The number of aliphatic hydroxyl groups is 2. The molecule has 0 aliphatic rings. The molecule has 0 aliphatic carbocycles. The van der Waals surface area contributed by atoms with Crippen molar-refractivity contribution in [2.45, 2.75) is 20.0 Å². The molecule has 2 aromatic rings. The number of carbonyl (C=O) groups is 1. The topological polar surface area (TPSA) is 110 Å². The number of benzene rings is 1. The van der Waals surface area contributed by atoms with E-state index < -0.39 is 6.10 Å². The zero-order valence-corrected chi connectivity index (χ0v) is 17.9. The minimum atomic E-state index is -0.681. The average Bonchev–Trinajstić information content (AvgIpc) is 2.72. The first kappa shape index (κ1) is 23.3. The third kappa shape index (κ3) is 6.79. The standard InChI is InChI=1S/C19H23N5O3.2Ni/c1-13-9-15(16-4-6-19(23-10-16)24(20)7-8-25)3-5-18(13)22-12-17(27)11-21-14(2)26;;/h3-6,9-10,17,22,25,27H,8,11-12H2,1-2H3,(H,21,26);;. The summed E-state index contributed by atoms with van der Waals surface area (Å²) in [6.07, 6.45) is 1.01. The van der Waals surface area contributed by atoms with Crippen LogP contribution < -0.4 is 15.6 Å². The van der Waals surface area contributed by atoms with Crippen LogP contribution in [-0.4, -0.2) is 51.5 Å². The van der Waals surface area contributed by atoms with E-state index in [1.165, 1.54) is 11.9 Å². The number of carbonyl (C=O) groups excluding carboxylic acids is 1. The molecule has 1 aromatic heterocycles. The Bertz CT molecular complexity index is 877. The summed E-state index contributed by atoms with van der Waals surface area (Å²) in [6, 6.07) is 9.51. The molecule has 0 spiro atoms. The van der Waals surface area contributed by atoms with E-state index in [2.05, 4.69) is 35.0 Å². The Balaban J connectivity index is 2.06. The van der Waals surface area contributed by atoms with E-state index in [1.54, 1.807) is 12.3 Å². The number of nitrogens with zero attached hydrogens (tertiary/aromatic N) is 3. The third-order valence-corrected chi connectivity index (χ3v) is 4.60. The molecule has 0 saturated carbocycles. The van der Waals surface area contributed by atoms with Crippen LogP contribution in [0, 0.1) is 6.92 Å². The van der Waals surface area contributed by atoms with Crippen molar-refractivity contribution < 1.29 is 45.3 Å². The van der Waals surface area contributed by atoms with Gasteiger partial charge in [0, 0.05) is 13.5 Å². The maximum absolute atomic E-state index is 10.9. The molecule has 10 heteroatoms. The Labute approximate surface area is 184 Å². The normalized spacial score (nSPS) is 11.6. The second kappa shape index (κ2) is 11.3. The fourth-order valence-electron chi connectivity index (χ4n) is 2.53. The molecule has 0 fully saturated rings. The monoisotopic (exact) mass is 485 g/mol. The van der Waals surface area contributed by atoms with E-state index in [4.69, 9.17) is 15.0 Å². The van der Waals surface area contributed by atoms with Gasteiger partial charge in [-0.1, -0.05) is 0 Å². The number of pyridine rings is 1. The summed E-state index contributed by atoms with van der Waals surface area (Å²) in [5.41, 5.74) is 3.78. The van der Waals surface area contributed by atoms with Crippen LogP contribution in [0.5, 0.6) is 0 Å². The summed E-state index contributed by atoms with van der Waals surface area (Å²) < 4.78 is 3.89. The fourth-order valence-corrected chi connectivity index (χ4v) is 2.98. The number of amides is 1. The number of hydrogen-bond acceptors (Lipinski definition) is 7. The fraction of sp³-hybridized carbons (Fsp3) is 0.316. The van der Waals surface area contributed by atoms with Gasteiger partial charge in [0.2, 0.25) is 5.91 Å². The van der Waals surface area contributed by atoms with Gasteiger partial charge in [-0.3, -0.25) is 4.79 Å². The van der Waals surface area contributed by atoms with Crippen LogP contribution in [-0.2, 0) is 35.1 Å². The van der Waals surface area contributed by atoms with Crippen LogP contribution in [0.15, 0.2) is 40.7 Å². The van der Waals surface area contributed by atoms with Crippen LogP contribution in [0.25, 0.3) is 11.1 Å². The van der Waals surface area contributed by atoms with Crippen molar-refractivity contribution in [3.63, 3.8) is 0 Å². The number of hydrogen-bond donors (Lipinski definition) is 4. The molecule has 0 saturated heterocycles. The number of aromatic nitrogens is 1. The van der Waals surface area contributed by atoms with Crippen LogP contribution in [0.2, 0.25) is 0 Å². The summed E-state index contributed by atoms with van der Waals surface area (Å²) in [4.78, 5) is 15.2. The van der Waals surface area contributed by atoms with E-state index >= 15 is 0 Å². The molecule has 2 rings (SSSR count). The summed E-state index contributed by atoms with van der Waals surface area (Å²) in [6.45, 7) is 3.59. The molecular weight excluding hydrogens is 464 g/mol. The van der Waals surface area contributed by atoms with Gasteiger partial charge in [0.15, 0.2) is 0 Å². The number of aryl methyl sites for hydroxylation is 1. The predicted octanol–water partition coefficient (Wildman–Crippen LogP) is 1.09. The number of nitrogens with one attached hydrogen (secondary N) is 2. The van der Waals surface area contributed by atoms with E-state index in [0.717, 1.165) is 22.4 Å². The quantitative estimate of drug-likeness (QED) is 0.296. The first-order valence-electron chi connectivity index (χ1n) is 8.77. The molecule has 162 valence electrons. The van der Waals surface area contributed by atoms with Gasteiger partial charge in [-0.15, -0.1) is 0 Å². The van der Waals surface area contributed by atoms with Gasteiger partial charge >= 0.3 is 144 Å². The molecule has 1 heterocycles. The summed E-state index contributed by atoms with van der Waals surface area (Å²) in [5, 5.41) is 26.1. The van der Waals surface area contributed by atoms with Gasteiger partial charge in [0.05, 0.1) is 6.10 Å². The predicted molar refractivity (Wildman–Crippen MR) is 105 cm³/mol. The Morgan fingerprint density at radius 1 is 1.28 bits per heavy atom. The molecule has 1 atom stereocenters. The first-order chi connectivity index (χ1) is 13.8. The molecule has 29 heavy (non-hydrogen) atoms. The molecule has 1 unspecified atom stereocenters. The molecule has 4 N–H and O–H groups in total. The minimum absolute atomic E-state index is 0.173. The Kier molecular flexibility index (Phi) is 9.05. The van der Waals surface area contributed by atoms with Crippen molar-refractivity contribution in [3.8, 4) is 11.1 Å². The maximum atomic E-state index is 10.9. The Morgan fingerprint density at radius 2 is 2.00 bits per heavy atom. The van der Waals surface area contributed by atoms with E-state index in [0.29, 0.717) is 12.4 Å². The van der Waals surface area contributed by atoms with E-state index in [9.17, 15) is 15.0 Å². The molecule has 0 aliphatic heterocycles. The van der Waals surface area contributed by atoms with Crippen LogP contribution >= 0.6 is 0 Å². The van der Waals surface area contributed by atoms with Gasteiger partial charge in [-0.25, -0.2) is 0 Å². The summed E-state index contributed by atoms with van der Waals surface area (Å²) >= 11 is 9.09. The number of aliphatic hydroxyl groups excluding tert-OH is 2. The van der Waals surface area contributed by atoms with Crippen LogP contribution in [0.1, 0.15) is 12.5 Å². The molecule has 8 nitrogen and oxygen atoms in total.